The van der Waals surface area contributed by atoms with E-state index < -0.39 is 0 Å². The van der Waals surface area contributed by atoms with E-state index in [1.165, 1.54) is 0 Å². The molecule has 1 aliphatic heterocycles. The number of piperidine rings is 1. The van der Waals surface area contributed by atoms with Gasteiger partial charge in [-0.05, 0) is 25.4 Å². The van der Waals surface area contributed by atoms with E-state index in [2.05, 4.69) is 31.1 Å². The van der Waals surface area contributed by atoms with Crippen molar-refractivity contribution >= 4 is 5.91 Å². The van der Waals surface area contributed by atoms with Crippen LogP contribution in [-0.2, 0) is 4.79 Å². The number of hydrogen-bond acceptors (Lipinski definition) is 2. The Labute approximate surface area is 94.2 Å². The van der Waals surface area contributed by atoms with Crippen molar-refractivity contribution in [2.75, 3.05) is 27.2 Å². The normalized spacial score (nSPS) is 25.1. The van der Waals surface area contributed by atoms with Crippen molar-refractivity contribution in [3.63, 3.8) is 0 Å². The molecule has 15 heavy (non-hydrogen) atoms. The zero-order valence-corrected chi connectivity index (χ0v) is 11.1. The molecule has 1 N–H and O–H groups in total. The highest BCUT2D eigenvalue weighted by Crippen LogP contribution is 2.34. The lowest BCUT2D eigenvalue weighted by molar-refractivity contribution is -0.130. The molecule has 0 saturated carbocycles. The van der Waals surface area contributed by atoms with Gasteiger partial charge in [0.25, 0.3) is 0 Å². The number of rotatable bonds is 1. The highest BCUT2D eigenvalue weighted by molar-refractivity contribution is 5.79. The Hall–Kier alpha value is -0.570. The van der Waals surface area contributed by atoms with Crippen molar-refractivity contribution in [1.82, 2.24) is 10.2 Å². The van der Waals surface area contributed by atoms with Crippen LogP contribution < -0.4 is 5.32 Å². The number of nitrogens with one attached hydrogen (secondary N) is 1. The van der Waals surface area contributed by atoms with Crippen molar-refractivity contribution in [1.29, 1.82) is 0 Å². The minimum atomic E-state index is 0.104. The van der Waals surface area contributed by atoms with Crippen LogP contribution in [0.5, 0.6) is 0 Å². The van der Waals surface area contributed by atoms with Crippen molar-refractivity contribution in [3.05, 3.63) is 0 Å². The van der Waals surface area contributed by atoms with E-state index in [-0.39, 0.29) is 17.2 Å². The van der Waals surface area contributed by atoms with Crippen LogP contribution in [0, 0.1) is 11.3 Å². The van der Waals surface area contributed by atoms with Crippen LogP contribution in [0.25, 0.3) is 0 Å². The second-order valence-electron chi connectivity index (χ2n) is 4.68. The number of nitrogens with zero attached hydrogens (tertiary/aromatic N) is 1. The van der Waals surface area contributed by atoms with Gasteiger partial charge in [-0.3, -0.25) is 4.79 Å². The SMILES string of the molecule is CC.CNC(=O)C1CCN(C)CC1(C)C. The van der Waals surface area contributed by atoms with E-state index >= 15 is 0 Å². The Kier molecular flexibility index (Phi) is 5.88. The lowest BCUT2D eigenvalue weighted by Crippen LogP contribution is -2.49. The minimum absolute atomic E-state index is 0.104. The molecule has 0 bridgehead atoms. The molecule has 1 atom stereocenters. The Morgan fingerprint density at radius 1 is 1.40 bits per heavy atom. The van der Waals surface area contributed by atoms with Gasteiger partial charge < -0.3 is 10.2 Å². The van der Waals surface area contributed by atoms with Crippen molar-refractivity contribution in [2.45, 2.75) is 34.1 Å². The van der Waals surface area contributed by atoms with E-state index in [1.807, 2.05) is 13.8 Å². The molecule has 1 unspecified atom stereocenters. The molecule has 0 aliphatic carbocycles. The predicted octanol–water partition coefficient (Wildman–Crippen LogP) is 1.74. The zero-order valence-electron chi connectivity index (χ0n) is 11.1. The molecule has 1 saturated heterocycles. The number of carbonyl (C=O) groups excluding carboxylic acids is 1. The Balaban J connectivity index is 0.000000921. The molecule has 1 rings (SSSR count). The molecule has 3 heteroatoms. The topological polar surface area (TPSA) is 32.3 Å². The van der Waals surface area contributed by atoms with E-state index in [4.69, 9.17) is 0 Å². The Bertz CT molecular complexity index is 202. The fourth-order valence-electron chi connectivity index (χ4n) is 2.29. The molecule has 1 heterocycles. The summed E-state index contributed by atoms with van der Waals surface area (Å²) in [4.78, 5) is 13.9. The molecule has 1 aliphatic rings. The standard InChI is InChI=1S/C10H20N2O.C2H6/c1-10(2)7-12(4)6-5-8(10)9(13)11-3;1-2/h8H,5-7H2,1-4H3,(H,11,13);1-2H3. The first kappa shape index (κ1) is 14.4. The van der Waals surface area contributed by atoms with Crippen LogP contribution in [0.1, 0.15) is 34.1 Å². The molecule has 1 fully saturated rings. The molecule has 0 aromatic heterocycles. The van der Waals surface area contributed by atoms with Crippen LogP contribution in [-0.4, -0.2) is 38.0 Å². The second-order valence-corrected chi connectivity index (χ2v) is 4.68. The molecule has 0 spiro atoms. The summed E-state index contributed by atoms with van der Waals surface area (Å²) in [5, 5.41) is 2.75. The van der Waals surface area contributed by atoms with Crippen molar-refractivity contribution in [3.8, 4) is 0 Å². The summed E-state index contributed by atoms with van der Waals surface area (Å²) in [5.74, 6) is 0.367. The van der Waals surface area contributed by atoms with Crippen LogP contribution in [0.4, 0.5) is 0 Å². The van der Waals surface area contributed by atoms with Gasteiger partial charge in [0.1, 0.15) is 0 Å². The Morgan fingerprint density at radius 2 is 1.93 bits per heavy atom. The van der Waals surface area contributed by atoms with Crippen LogP contribution in [0.3, 0.4) is 0 Å². The van der Waals surface area contributed by atoms with Gasteiger partial charge in [-0.25, -0.2) is 0 Å². The monoisotopic (exact) mass is 214 g/mol. The largest absolute Gasteiger partial charge is 0.359 e. The molecule has 90 valence electrons. The maximum Gasteiger partial charge on any atom is 0.223 e. The molecule has 1 amide bonds. The van der Waals surface area contributed by atoms with Crippen LogP contribution in [0.15, 0.2) is 0 Å². The lowest BCUT2D eigenvalue weighted by atomic mass is 9.73. The number of amides is 1. The van der Waals surface area contributed by atoms with Crippen molar-refractivity contribution < 1.29 is 4.79 Å². The molecule has 0 aromatic carbocycles. The minimum Gasteiger partial charge on any atom is -0.359 e. The zero-order chi connectivity index (χ0) is 12.1. The molecule has 0 radical (unpaired) electrons. The first-order valence-corrected chi connectivity index (χ1v) is 5.87. The quantitative estimate of drug-likeness (QED) is 0.721. The summed E-state index contributed by atoms with van der Waals surface area (Å²) in [5.41, 5.74) is 0.104. The van der Waals surface area contributed by atoms with E-state index in [0.29, 0.717) is 0 Å². The summed E-state index contributed by atoms with van der Waals surface area (Å²) < 4.78 is 0. The van der Waals surface area contributed by atoms with Gasteiger partial charge in [0.15, 0.2) is 0 Å². The second kappa shape index (κ2) is 6.11. The van der Waals surface area contributed by atoms with Gasteiger partial charge in [0.2, 0.25) is 5.91 Å². The van der Waals surface area contributed by atoms with Crippen LogP contribution in [0.2, 0.25) is 0 Å². The molecule has 0 aromatic rings. The highest BCUT2D eigenvalue weighted by atomic mass is 16.1. The fourth-order valence-corrected chi connectivity index (χ4v) is 2.29. The molecular weight excluding hydrogens is 188 g/mol. The third-order valence-corrected chi connectivity index (χ3v) is 2.98. The van der Waals surface area contributed by atoms with Crippen molar-refractivity contribution in [2.24, 2.45) is 11.3 Å². The number of likely N-dealkylation sites (tertiary alicyclic amines) is 1. The Morgan fingerprint density at radius 3 is 2.33 bits per heavy atom. The summed E-state index contributed by atoms with van der Waals surface area (Å²) in [6, 6.07) is 0. The summed E-state index contributed by atoms with van der Waals surface area (Å²) in [7, 11) is 3.83. The first-order chi connectivity index (χ1) is 6.97. The number of carbonyl (C=O) groups is 1. The predicted molar refractivity (Wildman–Crippen MR) is 64.8 cm³/mol. The lowest BCUT2D eigenvalue weighted by Gasteiger charge is -2.41. The summed E-state index contributed by atoms with van der Waals surface area (Å²) in [6.45, 7) is 10.4. The molecule has 3 nitrogen and oxygen atoms in total. The van der Waals surface area contributed by atoms with Gasteiger partial charge in [0.05, 0.1) is 0 Å². The third-order valence-electron chi connectivity index (χ3n) is 2.98. The maximum atomic E-state index is 11.6. The van der Waals surface area contributed by atoms with E-state index in [0.717, 1.165) is 19.5 Å². The van der Waals surface area contributed by atoms with Gasteiger partial charge in [-0.1, -0.05) is 27.7 Å². The summed E-state index contributed by atoms with van der Waals surface area (Å²) in [6.07, 6.45) is 0.975. The van der Waals surface area contributed by atoms with E-state index in [1.54, 1.807) is 7.05 Å². The van der Waals surface area contributed by atoms with Gasteiger partial charge >= 0.3 is 0 Å². The van der Waals surface area contributed by atoms with Gasteiger partial charge in [-0.15, -0.1) is 0 Å². The van der Waals surface area contributed by atoms with Gasteiger partial charge in [-0.2, -0.15) is 0 Å². The fraction of sp³-hybridized carbons (Fsp3) is 0.917. The summed E-state index contributed by atoms with van der Waals surface area (Å²) >= 11 is 0. The number of hydrogen-bond donors (Lipinski definition) is 1. The molecular formula is C12H26N2O. The maximum absolute atomic E-state index is 11.6. The van der Waals surface area contributed by atoms with Gasteiger partial charge in [0, 0.05) is 19.5 Å². The average Bonchev–Trinajstić information content (AvgIpc) is 2.18. The average molecular weight is 214 g/mol. The first-order valence-electron chi connectivity index (χ1n) is 5.87. The highest BCUT2D eigenvalue weighted by Gasteiger charge is 2.38. The van der Waals surface area contributed by atoms with E-state index in [9.17, 15) is 4.79 Å². The third kappa shape index (κ3) is 3.82. The smallest absolute Gasteiger partial charge is 0.223 e. The van der Waals surface area contributed by atoms with Crippen LogP contribution >= 0.6 is 0 Å².